The molecule has 0 amide bonds. The van der Waals surface area contributed by atoms with Gasteiger partial charge in [0.25, 0.3) is 0 Å². The Hall–Kier alpha value is -0.0800. The Labute approximate surface area is 127 Å². The standard InChI is InChI=1S/C18H38N2/c1-7-9-10-14-20(15(3)4)16-12-11-13-18(5,6)17(16)19-8-2/h15-17,19H,7-14H2,1-6H3. The maximum Gasteiger partial charge on any atom is 0.0274 e. The summed E-state index contributed by atoms with van der Waals surface area (Å²) < 4.78 is 0. The normalized spacial score (nSPS) is 26.4. The van der Waals surface area contributed by atoms with E-state index in [1.807, 2.05) is 0 Å². The van der Waals surface area contributed by atoms with Crippen LogP contribution in [-0.2, 0) is 0 Å². The molecule has 1 N–H and O–H groups in total. The predicted octanol–water partition coefficient (Wildman–Crippen LogP) is 4.44. The monoisotopic (exact) mass is 282 g/mol. The van der Waals surface area contributed by atoms with Crippen LogP contribution in [0.25, 0.3) is 0 Å². The molecule has 0 radical (unpaired) electrons. The van der Waals surface area contributed by atoms with Crippen molar-refractivity contribution in [2.75, 3.05) is 13.1 Å². The van der Waals surface area contributed by atoms with E-state index in [0.717, 1.165) is 12.6 Å². The lowest BCUT2D eigenvalue weighted by Gasteiger charge is -2.50. The predicted molar refractivity (Wildman–Crippen MR) is 90.3 cm³/mol. The van der Waals surface area contributed by atoms with E-state index in [-0.39, 0.29) is 0 Å². The number of nitrogens with zero attached hydrogens (tertiary/aromatic N) is 1. The fourth-order valence-electron chi connectivity index (χ4n) is 3.95. The number of nitrogens with one attached hydrogen (secondary N) is 1. The molecule has 1 rings (SSSR count). The minimum atomic E-state index is 0.427. The molecule has 0 aliphatic heterocycles. The molecule has 20 heavy (non-hydrogen) atoms. The third-order valence-corrected chi connectivity index (χ3v) is 5.08. The molecule has 0 aromatic rings. The Morgan fingerprint density at radius 2 is 1.90 bits per heavy atom. The summed E-state index contributed by atoms with van der Waals surface area (Å²) in [5, 5.41) is 3.81. The molecule has 0 heterocycles. The topological polar surface area (TPSA) is 15.3 Å². The van der Waals surface area contributed by atoms with E-state index in [4.69, 9.17) is 0 Å². The van der Waals surface area contributed by atoms with Crippen molar-refractivity contribution >= 4 is 0 Å². The first-order valence-electron chi connectivity index (χ1n) is 8.93. The average Bonchev–Trinajstić information content (AvgIpc) is 2.37. The van der Waals surface area contributed by atoms with Crippen LogP contribution in [0.1, 0.15) is 80.1 Å². The first-order valence-corrected chi connectivity index (χ1v) is 8.93. The summed E-state index contributed by atoms with van der Waals surface area (Å²) in [5.74, 6) is 0. The molecule has 0 bridgehead atoms. The Bertz CT molecular complexity index is 260. The van der Waals surface area contributed by atoms with Crippen molar-refractivity contribution in [3.8, 4) is 0 Å². The molecular weight excluding hydrogens is 244 g/mol. The molecule has 1 aliphatic carbocycles. The second-order valence-corrected chi connectivity index (χ2v) is 7.52. The fraction of sp³-hybridized carbons (Fsp3) is 1.00. The highest BCUT2D eigenvalue weighted by atomic mass is 15.2. The van der Waals surface area contributed by atoms with Gasteiger partial charge in [-0.05, 0) is 51.6 Å². The summed E-state index contributed by atoms with van der Waals surface area (Å²) in [4.78, 5) is 2.78. The second-order valence-electron chi connectivity index (χ2n) is 7.52. The first kappa shape index (κ1) is 18.0. The van der Waals surface area contributed by atoms with Gasteiger partial charge in [0.05, 0.1) is 0 Å². The van der Waals surface area contributed by atoms with Crippen LogP contribution in [-0.4, -0.2) is 36.1 Å². The molecule has 2 heteroatoms. The minimum absolute atomic E-state index is 0.427. The van der Waals surface area contributed by atoms with E-state index in [1.54, 1.807) is 0 Å². The van der Waals surface area contributed by atoms with E-state index >= 15 is 0 Å². The highest BCUT2D eigenvalue weighted by Crippen LogP contribution is 2.38. The molecule has 0 aromatic carbocycles. The number of hydrogen-bond acceptors (Lipinski definition) is 2. The molecular formula is C18H38N2. The van der Waals surface area contributed by atoms with Gasteiger partial charge in [-0.15, -0.1) is 0 Å². The highest BCUT2D eigenvalue weighted by molar-refractivity contribution is 4.98. The van der Waals surface area contributed by atoms with Gasteiger partial charge in [0, 0.05) is 18.1 Å². The maximum absolute atomic E-state index is 3.81. The van der Waals surface area contributed by atoms with Crippen LogP contribution >= 0.6 is 0 Å². The van der Waals surface area contributed by atoms with Gasteiger partial charge in [-0.25, -0.2) is 0 Å². The second kappa shape index (κ2) is 8.38. The first-order chi connectivity index (χ1) is 9.44. The van der Waals surface area contributed by atoms with Gasteiger partial charge in [0.2, 0.25) is 0 Å². The molecule has 0 spiro atoms. The van der Waals surface area contributed by atoms with Crippen LogP contribution in [0, 0.1) is 5.41 Å². The van der Waals surface area contributed by atoms with Gasteiger partial charge in [0.1, 0.15) is 0 Å². The van der Waals surface area contributed by atoms with Crippen LogP contribution in [0.5, 0.6) is 0 Å². The van der Waals surface area contributed by atoms with Gasteiger partial charge >= 0.3 is 0 Å². The van der Waals surface area contributed by atoms with E-state index in [1.165, 1.54) is 45.1 Å². The van der Waals surface area contributed by atoms with Crippen LogP contribution in [0.15, 0.2) is 0 Å². The summed E-state index contributed by atoms with van der Waals surface area (Å²) in [6.07, 6.45) is 8.15. The number of rotatable bonds is 8. The third kappa shape index (κ3) is 4.73. The van der Waals surface area contributed by atoms with Crippen molar-refractivity contribution in [3.05, 3.63) is 0 Å². The van der Waals surface area contributed by atoms with Crippen molar-refractivity contribution in [2.24, 2.45) is 5.41 Å². The smallest absolute Gasteiger partial charge is 0.0274 e. The average molecular weight is 283 g/mol. The Balaban J connectivity index is 2.79. The molecule has 2 unspecified atom stereocenters. The third-order valence-electron chi connectivity index (χ3n) is 5.08. The number of likely N-dealkylation sites (N-methyl/N-ethyl adjacent to an activating group) is 1. The van der Waals surface area contributed by atoms with Gasteiger partial charge in [-0.1, -0.05) is 47.0 Å². The van der Waals surface area contributed by atoms with E-state index in [0.29, 0.717) is 17.5 Å². The zero-order valence-electron chi connectivity index (χ0n) is 14.8. The van der Waals surface area contributed by atoms with Gasteiger partial charge < -0.3 is 5.32 Å². The Morgan fingerprint density at radius 3 is 2.45 bits per heavy atom. The van der Waals surface area contributed by atoms with Crippen molar-refractivity contribution < 1.29 is 0 Å². The Kier molecular flexibility index (Phi) is 7.53. The van der Waals surface area contributed by atoms with Gasteiger partial charge in [-0.3, -0.25) is 4.90 Å². The highest BCUT2D eigenvalue weighted by Gasteiger charge is 2.41. The van der Waals surface area contributed by atoms with Gasteiger partial charge in [0.15, 0.2) is 0 Å². The van der Waals surface area contributed by atoms with Crippen LogP contribution < -0.4 is 5.32 Å². The van der Waals surface area contributed by atoms with Crippen molar-refractivity contribution in [2.45, 2.75) is 98.2 Å². The van der Waals surface area contributed by atoms with Crippen LogP contribution in [0.4, 0.5) is 0 Å². The molecule has 120 valence electrons. The maximum atomic E-state index is 3.81. The van der Waals surface area contributed by atoms with E-state index in [9.17, 15) is 0 Å². The molecule has 0 saturated heterocycles. The molecule has 2 nitrogen and oxygen atoms in total. The summed E-state index contributed by atoms with van der Waals surface area (Å²) in [7, 11) is 0. The number of hydrogen-bond donors (Lipinski definition) is 1. The molecule has 0 aromatic heterocycles. The van der Waals surface area contributed by atoms with Crippen molar-refractivity contribution in [3.63, 3.8) is 0 Å². The molecule has 1 fully saturated rings. The van der Waals surface area contributed by atoms with E-state index in [2.05, 4.69) is 51.8 Å². The van der Waals surface area contributed by atoms with Gasteiger partial charge in [-0.2, -0.15) is 0 Å². The molecule has 1 saturated carbocycles. The lowest BCUT2D eigenvalue weighted by molar-refractivity contribution is 0.0306. The SMILES string of the molecule is CCCCCN(C(C)C)C1CCCC(C)(C)C1NCC. The zero-order valence-corrected chi connectivity index (χ0v) is 14.8. The zero-order chi connectivity index (χ0) is 15.2. The summed E-state index contributed by atoms with van der Waals surface area (Å²) in [6.45, 7) is 16.6. The molecule has 2 atom stereocenters. The quantitative estimate of drug-likeness (QED) is 0.662. The summed E-state index contributed by atoms with van der Waals surface area (Å²) in [5.41, 5.74) is 0.427. The van der Waals surface area contributed by atoms with Crippen molar-refractivity contribution in [1.29, 1.82) is 0 Å². The fourth-order valence-corrected chi connectivity index (χ4v) is 3.95. The lowest BCUT2D eigenvalue weighted by Crippen LogP contribution is -2.60. The van der Waals surface area contributed by atoms with Crippen LogP contribution in [0.2, 0.25) is 0 Å². The lowest BCUT2D eigenvalue weighted by atomic mass is 9.70. The number of unbranched alkanes of at least 4 members (excludes halogenated alkanes) is 2. The Morgan fingerprint density at radius 1 is 1.20 bits per heavy atom. The minimum Gasteiger partial charge on any atom is -0.312 e. The summed E-state index contributed by atoms with van der Waals surface area (Å²) in [6, 6.07) is 2.02. The molecule has 1 aliphatic rings. The van der Waals surface area contributed by atoms with Crippen LogP contribution in [0.3, 0.4) is 0 Å². The largest absolute Gasteiger partial charge is 0.312 e. The van der Waals surface area contributed by atoms with E-state index < -0.39 is 0 Å². The van der Waals surface area contributed by atoms with Crippen molar-refractivity contribution in [1.82, 2.24) is 10.2 Å². The summed E-state index contributed by atoms with van der Waals surface area (Å²) >= 11 is 0.